The number of unbranched alkanes of at least 4 members (excludes halogenated alkanes) is 1. The van der Waals surface area contributed by atoms with Gasteiger partial charge in [-0.3, -0.25) is 19.2 Å². The van der Waals surface area contributed by atoms with E-state index < -0.39 is 11.7 Å². The van der Waals surface area contributed by atoms with Gasteiger partial charge in [0.05, 0.1) is 6.54 Å². The van der Waals surface area contributed by atoms with Gasteiger partial charge in [0.2, 0.25) is 5.95 Å². The van der Waals surface area contributed by atoms with Crippen LogP contribution in [0.15, 0.2) is 9.32 Å². The van der Waals surface area contributed by atoms with Crippen molar-refractivity contribution in [2.45, 2.75) is 51.0 Å². The standard InChI is InChI=1S/C23H38N6O6/c30-20(31)5-3-8-26-12-14-27(15-13-26)16-19-17-29(23(33)34-19)9-2-1-4-18-6-10-28(11-7-18)21-24-22(32)35-25-21/h18-19H,1-17H2,(H,30,31)(H,24,25,32). The van der Waals surface area contributed by atoms with Crippen LogP contribution in [0.1, 0.15) is 44.9 Å². The Hall–Kier alpha value is -2.60. The molecule has 0 bridgehead atoms. The number of hydrogen-bond acceptors (Lipinski definition) is 9. The minimum atomic E-state index is -0.736. The van der Waals surface area contributed by atoms with E-state index in [-0.39, 0.29) is 18.6 Å². The van der Waals surface area contributed by atoms with E-state index in [9.17, 15) is 14.4 Å². The first-order chi connectivity index (χ1) is 17.0. The summed E-state index contributed by atoms with van der Waals surface area (Å²) in [6, 6.07) is 0. The van der Waals surface area contributed by atoms with Crippen LogP contribution >= 0.6 is 0 Å². The summed E-state index contributed by atoms with van der Waals surface area (Å²) < 4.78 is 10.2. The van der Waals surface area contributed by atoms with Crippen molar-refractivity contribution in [3.63, 3.8) is 0 Å². The Kier molecular flexibility index (Phi) is 9.02. The van der Waals surface area contributed by atoms with Gasteiger partial charge in [-0.25, -0.2) is 9.59 Å². The monoisotopic (exact) mass is 494 g/mol. The fraction of sp³-hybridized carbons (Fsp3) is 0.826. The topological polar surface area (TPSA) is 135 Å². The summed E-state index contributed by atoms with van der Waals surface area (Å²) in [5, 5.41) is 12.5. The fourth-order valence-corrected chi connectivity index (χ4v) is 5.32. The minimum Gasteiger partial charge on any atom is -0.481 e. The van der Waals surface area contributed by atoms with Crippen LogP contribution in [0.25, 0.3) is 0 Å². The zero-order chi connectivity index (χ0) is 24.6. The summed E-state index contributed by atoms with van der Waals surface area (Å²) in [7, 11) is 0. The molecule has 0 aromatic carbocycles. The molecule has 12 nitrogen and oxygen atoms in total. The summed E-state index contributed by atoms with van der Waals surface area (Å²) in [6.07, 6.45) is 5.98. The summed E-state index contributed by atoms with van der Waals surface area (Å²) in [6.45, 7) is 8.43. The Morgan fingerprint density at radius 3 is 2.43 bits per heavy atom. The molecule has 0 spiro atoms. The van der Waals surface area contributed by atoms with E-state index in [4.69, 9.17) is 9.84 Å². The molecule has 1 aromatic heterocycles. The molecule has 196 valence electrons. The van der Waals surface area contributed by atoms with Crippen molar-refractivity contribution in [3.8, 4) is 0 Å². The number of rotatable bonds is 12. The van der Waals surface area contributed by atoms with Gasteiger partial charge in [-0.1, -0.05) is 12.8 Å². The first kappa shape index (κ1) is 25.5. The highest BCUT2D eigenvalue weighted by Crippen LogP contribution is 2.25. The minimum absolute atomic E-state index is 0.0756. The van der Waals surface area contributed by atoms with Crippen molar-refractivity contribution in [2.75, 3.05) is 70.3 Å². The number of piperidine rings is 1. The number of hydrogen-bond donors (Lipinski definition) is 2. The van der Waals surface area contributed by atoms with Crippen molar-refractivity contribution in [2.24, 2.45) is 5.92 Å². The van der Waals surface area contributed by atoms with Crippen LogP contribution in [0.5, 0.6) is 0 Å². The van der Waals surface area contributed by atoms with E-state index >= 15 is 0 Å². The molecule has 0 saturated carbocycles. The average molecular weight is 495 g/mol. The number of carboxylic acids is 1. The molecule has 1 aromatic rings. The lowest BCUT2D eigenvalue weighted by Crippen LogP contribution is -2.49. The number of aromatic amines is 1. The lowest BCUT2D eigenvalue weighted by atomic mass is 9.91. The second-order valence-electron chi connectivity index (χ2n) is 9.94. The van der Waals surface area contributed by atoms with Crippen molar-refractivity contribution < 1.29 is 24.0 Å². The molecule has 2 N–H and O–H groups in total. The van der Waals surface area contributed by atoms with Gasteiger partial charge < -0.3 is 24.5 Å². The largest absolute Gasteiger partial charge is 0.481 e. The average Bonchev–Trinajstić information content (AvgIpc) is 3.43. The molecule has 4 rings (SSSR count). The first-order valence-corrected chi connectivity index (χ1v) is 12.9. The number of H-pyrrole nitrogens is 1. The Labute approximate surface area is 205 Å². The number of aromatic nitrogens is 2. The van der Waals surface area contributed by atoms with Gasteiger partial charge >= 0.3 is 17.8 Å². The van der Waals surface area contributed by atoms with E-state index in [0.717, 1.165) is 91.0 Å². The van der Waals surface area contributed by atoms with Gasteiger partial charge in [-0.15, -0.1) is 0 Å². The van der Waals surface area contributed by atoms with Gasteiger partial charge in [-0.2, -0.15) is 0 Å². The second kappa shape index (κ2) is 12.4. The third-order valence-corrected chi connectivity index (χ3v) is 7.37. The normalized spacial score (nSPS) is 22.6. The van der Waals surface area contributed by atoms with E-state index in [2.05, 4.69) is 29.4 Å². The molecule has 3 aliphatic heterocycles. The quantitative estimate of drug-likeness (QED) is 0.406. The smallest absolute Gasteiger partial charge is 0.440 e. The van der Waals surface area contributed by atoms with E-state index in [1.165, 1.54) is 0 Å². The molecule has 3 saturated heterocycles. The number of piperazine rings is 1. The van der Waals surface area contributed by atoms with Gasteiger partial charge in [0.25, 0.3) is 0 Å². The Bertz CT molecular complexity index is 874. The zero-order valence-electron chi connectivity index (χ0n) is 20.4. The number of carbonyl (C=O) groups is 2. The Morgan fingerprint density at radius 2 is 1.74 bits per heavy atom. The number of ether oxygens (including phenoxy) is 1. The van der Waals surface area contributed by atoms with Crippen LogP contribution in [0, 0.1) is 5.92 Å². The van der Waals surface area contributed by atoms with E-state index in [0.29, 0.717) is 24.8 Å². The number of carbonyl (C=O) groups excluding carboxylic acids is 1. The molecule has 4 heterocycles. The Balaban J connectivity index is 1.06. The van der Waals surface area contributed by atoms with E-state index in [1.807, 2.05) is 4.90 Å². The van der Waals surface area contributed by atoms with Gasteiger partial charge in [-0.05, 0) is 43.3 Å². The lowest BCUT2D eigenvalue weighted by Gasteiger charge is -2.35. The highest BCUT2D eigenvalue weighted by Gasteiger charge is 2.32. The van der Waals surface area contributed by atoms with Crippen molar-refractivity contribution >= 4 is 18.0 Å². The van der Waals surface area contributed by atoms with Gasteiger partial charge in [0.15, 0.2) is 0 Å². The molecule has 0 aliphatic carbocycles. The molecule has 1 amide bonds. The van der Waals surface area contributed by atoms with Crippen molar-refractivity contribution in [1.82, 2.24) is 24.8 Å². The van der Waals surface area contributed by atoms with Gasteiger partial charge in [0, 0.05) is 58.8 Å². The van der Waals surface area contributed by atoms with E-state index in [1.54, 1.807) is 0 Å². The predicted octanol–water partition coefficient (Wildman–Crippen LogP) is 1.05. The lowest BCUT2D eigenvalue weighted by molar-refractivity contribution is -0.137. The first-order valence-electron chi connectivity index (χ1n) is 12.9. The third kappa shape index (κ3) is 7.69. The molecule has 0 radical (unpaired) electrons. The number of nitrogens with zero attached hydrogens (tertiary/aromatic N) is 5. The SMILES string of the molecule is O=C(O)CCCN1CCN(CC2CN(CCCCC3CCN(c4noc(=O)[nH]4)CC3)C(=O)O2)CC1. The maximum absolute atomic E-state index is 12.3. The summed E-state index contributed by atoms with van der Waals surface area (Å²) in [5.41, 5.74) is 0. The molecule has 3 aliphatic rings. The maximum atomic E-state index is 12.3. The summed E-state index contributed by atoms with van der Waals surface area (Å²) in [5.74, 6) is -0.0725. The zero-order valence-corrected chi connectivity index (χ0v) is 20.4. The fourth-order valence-electron chi connectivity index (χ4n) is 5.32. The van der Waals surface area contributed by atoms with Crippen LogP contribution in [0.2, 0.25) is 0 Å². The molecular weight excluding hydrogens is 456 g/mol. The summed E-state index contributed by atoms with van der Waals surface area (Å²) >= 11 is 0. The number of anilines is 1. The highest BCUT2D eigenvalue weighted by atomic mass is 16.6. The third-order valence-electron chi connectivity index (χ3n) is 7.37. The second-order valence-corrected chi connectivity index (χ2v) is 9.94. The molecule has 1 unspecified atom stereocenters. The van der Waals surface area contributed by atoms with Crippen LogP contribution in [0.4, 0.5) is 10.7 Å². The van der Waals surface area contributed by atoms with Crippen LogP contribution in [-0.2, 0) is 9.53 Å². The molecule has 35 heavy (non-hydrogen) atoms. The van der Waals surface area contributed by atoms with Crippen LogP contribution in [-0.4, -0.2) is 114 Å². The van der Waals surface area contributed by atoms with Crippen LogP contribution in [0.3, 0.4) is 0 Å². The number of cyclic esters (lactones) is 1. The predicted molar refractivity (Wildman–Crippen MR) is 128 cm³/mol. The van der Waals surface area contributed by atoms with Gasteiger partial charge in [0.1, 0.15) is 6.10 Å². The maximum Gasteiger partial charge on any atom is 0.440 e. The number of carboxylic acid groups (broad SMARTS) is 1. The summed E-state index contributed by atoms with van der Waals surface area (Å²) in [4.78, 5) is 45.3. The Morgan fingerprint density at radius 1 is 1.00 bits per heavy atom. The molecule has 1 atom stereocenters. The van der Waals surface area contributed by atoms with Crippen molar-refractivity contribution in [1.29, 1.82) is 0 Å². The number of nitrogens with one attached hydrogen (secondary N) is 1. The number of aliphatic carboxylic acids is 1. The molecular formula is C23H38N6O6. The van der Waals surface area contributed by atoms with Crippen LogP contribution < -0.4 is 10.7 Å². The molecule has 12 heteroatoms. The number of amides is 1. The van der Waals surface area contributed by atoms with Crippen molar-refractivity contribution in [3.05, 3.63) is 10.6 Å². The highest BCUT2D eigenvalue weighted by molar-refractivity contribution is 5.69. The molecule has 3 fully saturated rings.